The summed E-state index contributed by atoms with van der Waals surface area (Å²) in [6.07, 6.45) is 4.53. The lowest BCUT2D eigenvalue weighted by atomic mass is 10.2. The number of nitrogens with zero attached hydrogens (tertiary/aromatic N) is 2. The van der Waals surface area contributed by atoms with E-state index in [2.05, 4.69) is 28.5 Å². The molecule has 1 aliphatic rings. The van der Waals surface area contributed by atoms with Crippen LogP contribution in [0, 0.1) is 5.92 Å². The normalized spacial score (nSPS) is 16.8. The van der Waals surface area contributed by atoms with E-state index in [0.717, 1.165) is 23.9 Å². The van der Waals surface area contributed by atoms with Crippen LogP contribution in [0.15, 0.2) is 6.07 Å². The smallest absolute Gasteiger partial charge is 0.136 e. The van der Waals surface area contributed by atoms with Crippen LogP contribution in [0.4, 0.5) is 11.6 Å². The summed E-state index contributed by atoms with van der Waals surface area (Å²) >= 11 is 1.87. The number of nitrogens with one attached hydrogen (secondary N) is 1. The maximum atomic E-state index is 5.79. The number of rotatable bonds is 6. The predicted molar refractivity (Wildman–Crippen MR) is 74.5 cm³/mol. The zero-order valence-corrected chi connectivity index (χ0v) is 11.3. The molecule has 0 aliphatic heterocycles. The number of anilines is 2. The van der Waals surface area contributed by atoms with E-state index in [1.54, 1.807) is 0 Å². The van der Waals surface area contributed by atoms with Crippen molar-refractivity contribution in [2.75, 3.05) is 29.6 Å². The molecular weight excluding hydrogens is 232 g/mol. The number of nitrogens with two attached hydrogens (primary N) is 1. The quantitative estimate of drug-likeness (QED) is 0.813. The molecule has 0 radical (unpaired) electrons. The van der Waals surface area contributed by atoms with Crippen LogP contribution in [0.2, 0.25) is 0 Å². The average molecular weight is 252 g/mol. The van der Waals surface area contributed by atoms with Crippen LogP contribution in [0.5, 0.6) is 0 Å². The van der Waals surface area contributed by atoms with E-state index in [0.29, 0.717) is 17.7 Å². The SMILES string of the molecule is CSCC(C)CNc1cc(N)nc(C2CC2)n1. The lowest BCUT2D eigenvalue weighted by Crippen LogP contribution is -2.15. The van der Waals surface area contributed by atoms with E-state index in [4.69, 9.17) is 5.73 Å². The van der Waals surface area contributed by atoms with Crippen LogP contribution in [0.3, 0.4) is 0 Å². The standard InChI is InChI=1S/C12H20N4S/c1-8(7-17-2)6-14-11-5-10(13)15-12(16-11)9-3-4-9/h5,8-9H,3-4,6-7H2,1-2H3,(H3,13,14,15,16). The summed E-state index contributed by atoms with van der Waals surface area (Å²) in [5.41, 5.74) is 5.79. The number of hydrogen-bond acceptors (Lipinski definition) is 5. The van der Waals surface area contributed by atoms with Gasteiger partial charge in [0, 0.05) is 18.5 Å². The van der Waals surface area contributed by atoms with E-state index in [1.165, 1.54) is 12.8 Å². The Morgan fingerprint density at radius 2 is 2.29 bits per heavy atom. The molecular formula is C12H20N4S. The summed E-state index contributed by atoms with van der Waals surface area (Å²) in [5, 5.41) is 3.35. The van der Waals surface area contributed by atoms with Crippen LogP contribution in [-0.4, -0.2) is 28.5 Å². The van der Waals surface area contributed by atoms with Crippen molar-refractivity contribution in [1.29, 1.82) is 0 Å². The fraction of sp³-hybridized carbons (Fsp3) is 0.667. The van der Waals surface area contributed by atoms with Gasteiger partial charge >= 0.3 is 0 Å². The highest BCUT2D eigenvalue weighted by atomic mass is 32.2. The van der Waals surface area contributed by atoms with Gasteiger partial charge in [-0.2, -0.15) is 11.8 Å². The van der Waals surface area contributed by atoms with Crippen molar-refractivity contribution >= 4 is 23.4 Å². The van der Waals surface area contributed by atoms with Crippen molar-refractivity contribution in [3.8, 4) is 0 Å². The maximum Gasteiger partial charge on any atom is 0.136 e. The minimum atomic E-state index is 0.544. The lowest BCUT2D eigenvalue weighted by Gasteiger charge is -2.12. The molecule has 1 fully saturated rings. The Hall–Kier alpha value is -0.970. The van der Waals surface area contributed by atoms with Gasteiger partial charge in [0.05, 0.1) is 0 Å². The number of hydrogen-bond donors (Lipinski definition) is 2. The molecule has 1 heterocycles. The molecule has 0 spiro atoms. The fourth-order valence-electron chi connectivity index (χ4n) is 1.72. The van der Waals surface area contributed by atoms with Crippen LogP contribution in [0.1, 0.15) is 31.5 Å². The van der Waals surface area contributed by atoms with Crippen molar-refractivity contribution < 1.29 is 0 Å². The highest BCUT2D eigenvalue weighted by Crippen LogP contribution is 2.38. The molecule has 0 amide bonds. The van der Waals surface area contributed by atoms with Crippen LogP contribution < -0.4 is 11.1 Å². The summed E-state index contributed by atoms with van der Waals surface area (Å²) in [4.78, 5) is 8.80. The maximum absolute atomic E-state index is 5.79. The van der Waals surface area contributed by atoms with E-state index in [9.17, 15) is 0 Å². The molecule has 1 aliphatic carbocycles. The minimum absolute atomic E-state index is 0.544. The van der Waals surface area contributed by atoms with Gasteiger partial charge in [0.1, 0.15) is 17.5 Å². The number of aromatic nitrogens is 2. The van der Waals surface area contributed by atoms with Crippen LogP contribution in [0.25, 0.3) is 0 Å². The summed E-state index contributed by atoms with van der Waals surface area (Å²) in [6.45, 7) is 3.16. The lowest BCUT2D eigenvalue weighted by molar-refractivity contribution is 0.698. The van der Waals surface area contributed by atoms with Gasteiger partial charge < -0.3 is 11.1 Å². The summed E-state index contributed by atoms with van der Waals surface area (Å²) in [5.74, 6) is 4.68. The molecule has 1 unspecified atom stereocenters. The van der Waals surface area contributed by atoms with Crippen molar-refractivity contribution in [2.24, 2.45) is 5.92 Å². The summed E-state index contributed by atoms with van der Waals surface area (Å²) in [7, 11) is 0. The molecule has 0 saturated heterocycles. The molecule has 0 aromatic carbocycles. The van der Waals surface area contributed by atoms with E-state index in [-0.39, 0.29) is 0 Å². The van der Waals surface area contributed by atoms with Crippen molar-refractivity contribution in [3.05, 3.63) is 11.9 Å². The van der Waals surface area contributed by atoms with Gasteiger partial charge in [-0.3, -0.25) is 0 Å². The average Bonchev–Trinajstić information content (AvgIpc) is 3.10. The minimum Gasteiger partial charge on any atom is -0.384 e. The third-order valence-corrected chi connectivity index (χ3v) is 3.69. The van der Waals surface area contributed by atoms with Gasteiger partial charge in [-0.05, 0) is 30.8 Å². The van der Waals surface area contributed by atoms with Crippen molar-refractivity contribution in [3.63, 3.8) is 0 Å². The molecule has 5 heteroatoms. The van der Waals surface area contributed by atoms with Crippen molar-refractivity contribution in [2.45, 2.75) is 25.7 Å². The molecule has 0 bridgehead atoms. The monoisotopic (exact) mass is 252 g/mol. The Morgan fingerprint density at radius 1 is 1.53 bits per heavy atom. The van der Waals surface area contributed by atoms with Gasteiger partial charge in [0.2, 0.25) is 0 Å². The molecule has 94 valence electrons. The first-order chi connectivity index (χ1) is 8.19. The second-order valence-electron chi connectivity index (χ2n) is 4.75. The topological polar surface area (TPSA) is 63.8 Å². The second kappa shape index (κ2) is 5.58. The fourth-order valence-corrected chi connectivity index (χ4v) is 2.41. The Morgan fingerprint density at radius 3 is 2.94 bits per heavy atom. The van der Waals surface area contributed by atoms with E-state index >= 15 is 0 Å². The first-order valence-corrected chi connectivity index (χ1v) is 7.45. The molecule has 4 nitrogen and oxygen atoms in total. The van der Waals surface area contributed by atoms with Gasteiger partial charge in [-0.1, -0.05) is 6.92 Å². The second-order valence-corrected chi connectivity index (χ2v) is 5.66. The van der Waals surface area contributed by atoms with Gasteiger partial charge in [-0.15, -0.1) is 0 Å². The van der Waals surface area contributed by atoms with Gasteiger partial charge in [-0.25, -0.2) is 9.97 Å². The zero-order chi connectivity index (χ0) is 12.3. The first-order valence-electron chi connectivity index (χ1n) is 6.06. The highest BCUT2D eigenvalue weighted by Gasteiger charge is 2.27. The summed E-state index contributed by atoms with van der Waals surface area (Å²) in [6, 6.07) is 1.82. The van der Waals surface area contributed by atoms with Gasteiger partial charge in [0.25, 0.3) is 0 Å². The largest absolute Gasteiger partial charge is 0.384 e. The molecule has 1 atom stereocenters. The Labute approximate surface area is 107 Å². The molecule has 1 saturated carbocycles. The number of thioether (sulfide) groups is 1. The predicted octanol–water partition coefficient (Wildman–Crippen LogP) is 2.35. The van der Waals surface area contributed by atoms with Crippen molar-refractivity contribution in [1.82, 2.24) is 9.97 Å². The van der Waals surface area contributed by atoms with E-state index in [1.807, 2.05) is 17.8 Å². The molecule has 2 rings (SSSR count). The molecule has 1 aromatic heterocycles. The zero-order valence-electron chi connectivity index (χ0n) is 10.4. The third-order valence-electron chi connectivity index (χ3n) is 2.79. The van der Waals surface area contributed by atoms with E-state index < -0.39 is 0 Å². The Balaban J connectivity index is 1.95. The third kappa shape index (κ3) is 3.77. The van der Waals surface area contributed by atoms with Crippen LogP contribution in [-0.2, 0) is 0 Å². The number of nitrogen functional groups attached to an aromatic ring is 1. The Bertz CT molecular complexity index is 379. The first kappa shape index (κ1) is 12.5. The molecule has 17 heavy (non-hydrogen) atoms. The molecule has 1 aromatic rings. The summed E-state index contributed by atoms with van der Waals surface area (Å²) < 4.78 is 0. The molecule has 3 N–H and O–H groups in total. The van der Waals surface area contributed by atoms with Gasteiger partial charge in [0.15, 0.2) is 0 Å². The Kier molecular flexibility index (Phi) is 4.10. The van der Waals surface area contributed by atoms with Crippen LogP contribution >= 0.6 is 11.8 Å². The highest BCUT2D eigenvalue weighted by molar-refractivity contribution is 7.98.